The lowest BCUT2D eigenvalue weighted by Gasteiger charge is -2.17. The Kier molecular flexibility index (Phi) is 4.58. The molecule has 1 aromatic heterocycles. The highest BCUT2D eigenvalue weighted by Crippen LogP contribution is 2.25. The van der Waals surface area contributed by atoms with Crippen LogP contribution < -0.4 is 0 Å². The zero-order valence-electron chi connectivity index (χ0n) is 11.7. The fraction of sp³-hybridized carbons (Fsp3) is 0.312. The van der Waals surface area contributed by atoms with Crippen molar-refractivity contribution in [2.24, 2.45) is 0 Å². The van der Waals surface area contributed by atoms with Crippen LogP contribution >= 0.6 is 0 Å². The van der Waals surface area contributed by atoms with Gasteiger partial charge in [0, 0.05) is 19.2 Å². The van der Waals surface area contributed by atoms with E-state index in [1.54, 1.807) is 24.9 Å². The first-order valence-corrected chi connectivity index (χ1v) is 6.66. The van der Waals surface area contributed by atoms with E-state index >= 15 is 0 Å². The van der Waals surface area contributed by atoms with Crippen LogP contribution in [-0.4, -0.2) is 35.6 Å². The molecule has 0 fully saturated rings. The second kappa shape index (κ2) is 6.39. The molecule has 106 valence electrons. The van der Waals surface area contributed by atoms with Gasteiger partial charge in [-0.1, -0.05) is 30.3 Å². The van der Waals surface area contributed by atoms with Crippen molar-refractivity contribution in [2.45, 2.75) is 19.4 Å². The summed E-state index contributed by atoms with van der Waals surface area (Å²) in [5, 5.41) is 9.28. The first-order valence-electron chi connectivity index (χ1n) is 6.66. The van der Waals surface area contributed by atoms with Crippen molar-refractivity contribution in [2.75, 3.05) is 13.6 Å². The molecule has 1 unspecified atom stereocenters. The summed E-state index contributed by atoms with van der Waals surface area (Å²) < 4.78 is 5.36. The third-order valence-corrected chi connectivity index (χ3v) is 3.17. The molecule has 1 aromatic carbocycles. The summed E-state index contributed by atoms with van der Waals surface area (Å²) in [6.07, 6.45) is 1.65. The Morgan fingerprint density at radius 2 is 2.00 bits per heavy atom. The fourth-order valence-electron chi connectivity index (χ4n) is 1.98. The van der Waals surface area contributed by atoms with Crippen LogP contribution in [0.1, 0.15) is 23.9 Å². The topological polar surface area (TPSA) is 53.7 Å². The molecule has 0 spiro atoms. The molecule has 1 amide bonds. The maximum atomic E-state index is 12.4. The van der Waals surface area contributed by atoms with Gasteiger partial charge in [0.05, 0.1) is 12.4 Å². The van der Waals surface area contributed by atoms with Gasteiger partial charge >= 0.3 is 0 Å². The Balaban J connectivity index is 2.18. The van der Waals surface area contributed by atoms with E-state index in [0.717, 1.165) is 11.1 Å². The summed E-state index contributed by atoms with van der Waals surface area (Å²) in [5.41, 5.74) is 1.74. The minimum atomic E-state index is -0.421. The maximum absolute atomic E-state index is 12.4. The van der Waals surface area contributed by atoms with Gasteiger partial charge in [-0.2, -0.15) is 0 Å². The van der Waals surface area contributed by atoms with Crippen molar-refractivity contribution >= 4 is 5.91 Å². The van der Waals surface area contributed by atoms with Gasteiger partial charge in [0.2, 0.25) is 0 Å². The molecule has 0 aliphatic heterocycles. The quantitative estimate of drug-likeness (QED) is 0.911. The lowest BCUT2D eigenvalue weighted by atomic mass is 10.1. The number of hydrogen-bond donors (Lipinski definition) is 1. The average Bonchev–Trinajstić information content (AvgIpc) is 2.94. The summed E-state index contributed by atoms with van der Waals surface area (Å²) in [6.45, 7) is 2.20. The number of nitrogens with zero attached hydrogens (tertiary/aromatic N) is 1. The maximum Gasteiger partial charge on any atom is 0.289 e. The predicted molar refractivity (Wildman–Crippen MR) is 77.4 cm³/mol. The highest BCUT2D eigenvalue weighted by Gasteiger charge is 2.20. The van der Waals surface area contributed by atoms with Crippen LogP contribution in [0.4, 0.5) is 0 Å². The SMILES string of the molecule is CC(O)CCN(C)C(=O)c1occc1-c1ccccc1. The number of amides is 1. The number of carbonyl (C=O) groups is 1. The number of rotatable bonds is 5. The van der Waals surface area contributed by atoms with Crippen LogP contribution in [0.25, 0.3) is 11.1 Å². The standard InChI is InChI=1S/C16H19NO3/c1-12(18)8-10-17(2)16(19)15-14(9-11-20-15)13-6-4-3-5-7-13/h3-7,9,11-12,18H,8,10H2,1-2H3. The Morgan fingerprint density at radius 1 is 1.30 bits per heavy atom. The van der Waals surface area contributed by atoms with E-state index in [2.05, 4.69) is 0 Å². The molecule has 2 rings (SSSR count). The van der Waals surface area contributed by atoms with Gasteiger partial charge in [-0.15, -0.1) is 0 Å². The van der Waals surface area contributed by atoms with Gasteiger partial charge < -0.3 is 14.4 Å². The molecule has 0 saturated carbocycles. The lowest BCUT2D eigenvalue weighted by molar-refractivity contribution is 0.0739. The minimum absolute atomic E-state index is 0.172. The van der Waals surface area contributed by atoms with E-state index in [0.29, 0.717) is 18.7 Å². The predicted octanol–water partition coefficient (Wildman–Crippen LogP) is 2.79. The van der Waals surface area contributed by atoms with Crippen LogP contribution in [0.15, 0.2) is 47.1 Å². The number of furan rings is 1. The van der Waals surface area contributed by atoms with Crippen LogP contribution in [0.2, 0.25) is 0 Å². The van der Waals surface area contributed by atoms with Crippen molar-refractivity contribution in [1.82, 2.24) is 4.90 Å². The summed E-state index contributed by atoms with van der Waals surface area (Å²) >= 11 is 0. The molecular weight excluding hydrogens is 254 g/mol. The third-order valence-electron chi connectivity index (χ3n) is 3.17. The molecule has 0 saturated heterocycles. The monoisotopic (exact) mass is 273 g/mol. The third kappa shape index (κ3) is 3.27. The molecule has 0 radical (unpaired) electrons. The van der Waals surface area contributed by atoms with Crippen molar-refractivity contribution < 1.29 is 14.3 Å². The zero-order valence-corrected chi connectivity index (χ0v) is 11.7. The first kappa shape index (κ1) is 14.3. The van der Waals surface area contributed by atoms with Crippen LogP contribution in [-0.2, 0) is 0 Å². The second-order valence-electron chi connectivity index (χ2n) is 4.89. The molecule has 0 aliphatic carbocycles. The summed E-state index contributed by atoms with van der Waals surface area (Å²) in [4.78, 5) is 13.9. The van der Waals surface area contributed by atoms with Crippen molar-refractivity contribution in [3.63, 3.8) is 0 Å². The van der Waals surface area contributed by atoms with Crippen LogP contribution in [0.3, 0.4) is 0 Å². The molecule has 2 aromatic rings. The molecule has 0 aliphatic rings. The Bertz CT molecular complexity index is 560. The highest BCUT2D eigenvalue weighted by atomic mass is 16.3. The fourth-order valence-corrected chi connectivity index (χ4v) is 1.98. The highest BCUT2D eigenvalue weighted by molar-refractivity contribution is 5.98. The lowest BCUT2D eigenvalue weighted by Crippen LogP contribution is -2.29. The van der Waals surface area contributed by atoms with E-state index in [-0.39, 0.29) is 5.91 Å². The van der Waals surface area contributed by atoms with Crippen LogP contribution in [0, 0.1) is 0 Å². The van der Waals surface area contributed by atoms with Gasteiger partial charge in [-0.05, 0) is 25.0 Å². The summed E-state index contributed by atoms with van der Waals surface area (Å²) in [7, 11) is 1.71. The van der Waals surface area contributed by atoms with E-state index in [1.807, 2.05) is 30.3 Å². The number of aliphatic hydroxyl groups is 1. The Morgan fingerprint density at radius 3 is 2.65 bits per heavy atom. The van der Waals surface area contributed by atoms with Crippen molar-refractivity contribution in [1.29, 1.82) is 0 Å². The van der Waals surface area contributed by atoms with E-state index in [1.165, 1.54) is 6.26 Å². The largest absolute Gasteiger partial charge is 0.459 e. The molecule has 1 heterocycles. The molecule has 1 atom stereocenters. The van der Waals surface area contributed by atoms with Crippen molar-refractivity contribution in [3.05, 3.63) is 48.4 Å². The van der Waals surface area contributed by atoms with Gasteiger partial charge in [0.25, 0.3) is 5.91 Å². The number of benzene rings is 1. The summed E-state index contributed by atoms with van der Waals surface area (Å²) in [5.74, 6) is 0.166. The molecule has 20 heavy (non-hydrogen) atoms. The van der Waals surface area contributed by atoms with E-state index < -0.39 is 6.10 Å². The Labute approximate surface area is 118 Å². The van der Waals surface area contributed by atoms with Crippen LogP contribution in [0.5, 0.6) is 0 Å². The minimum Gasteiger partial charge on any atom is -0.459 e. The first-order chi connectivity index (χ1) is 9.59. The summed E-state index contributed by atoms with van der Waals surface area (Å²) in [6, 6.07) is 11.5. The number of aliphatic hydroxyl groups excluding tert-OH is 1. The molecular formula is C16H19NO3. The van der Waals surface area contributed by atoms with Gasteiger partial charge in [0.1, 0.15) is 0 Å². The van der Waals surface area contributed by atoms with Gasteiger partial charge in [0.15, 0.2) is 5.76 Å². The molecule has 0 bridgehead atoms. The molecule has 4 nitrogen and oxygen atoms in total. The van der Waals surface area contributed by atoms with Gasteiger partial charge in [-0.25, -0.2) is 0 Å². The van der Waals surface area contributed by atoms with E-state index in [4.69, 9.17) is 4.42 Å². The number of hydrogen-bond acceptors (Lipinski definition) is 3. The van der Waals surface area contributed by atoms with E-state index in [9.17, 15) is 9.90 Å². The smallest absolute Gasteiger partial charge is 0.289 e. The van der Waals surface area contributed by atoms with Crippen molar-refractivity contribution in [3.8, 4) is 11.1 Å². The average molecular weight is 273 g/mol. The second-order valence-corrected chi connectivity index (χ2v) is 4.89. The number of carbonyl (C=O) groups excluding carboxylic acids is 1. The van der Waals surface area contributed by atoms with Gasteiger partial charge in [-0.3, -0.25) is 4.79 Å². The molecule has 1 N–H and O–H groups in total. The zero-order chi connectivity index (χ0) is 14.5. The normalized spacial score (nSPS) is 12.2. The molecule has 4 heteroatoms. The Hall–Kier alpha value is -2.07.